The van der Waals surface area contributed by atoms with E-state index in [1.54, 1.807) is 0 Å². The summed E-state index contributed by atoms with van der Waals surface area (Å²) in [5.74, 6) is 2.63. The molecular formula is C13H15N. The van der Waals surface area contributed by atoms with E-state index >= 15 is 0 Å². The van der Waals surface area contributed by atoms with Crippen molar-refractivity contribution in [3.05, 3.63) is 35.4 Å². The first kappa shape index (κ1) is 9.30. The lowest BCUT2D eigenvalue weighted by atomic mass is 9.92. The normalized spacial score (nSPS) is 17.4. The molecule has 72 valence electrons. The Kier molecular flexibility index (Phi) is 2.31. The third-order valence-corrected chi connectivity index (χ3v) is 3.14. The van der Waals surface area contributed by atoms with Crippen LogP contribution in [0.1, 0.15) is 30.4 Å². The van der Waals surface area contributed by atoms with Gasteiger partial charge in [-0.25, -0.2) is 0 Å². The summed E-state index contributed by atoms with van der Waals surface area (Å²) >= 11 is 0. The van der Waals surface area contributed by atoms with Gasteiger partial charge in [-0.15, -0.1) is 6.42 Å². The second-order valence-electron chi connectivity index (χ2n) is 4.04. The molecule has 1 heteroatoms. The van der Waals surface area contributed by atoms with Crippen LogP contribution in [-0.2, 0) is 5.41 Å². The van der Waals surface area contributed by atoms with Gasteiger partial charge in [0.15, 0.2) is 0 Å². The molecule has 0 aliphatic heterocycles. The van der Waals surface area contributed by atoms with Crippen molar-refractivity contribution in [3.8, 4) is 12.3 Å². The topological polar surface area (TPSA) is 26.0 Å². The van der Waals surface area contributed by atoms with Gasteiger partial charge in [-0.1, -0.05) is 18.1 Å². The van der Waals surface area contributed by atoms with E-state index in [0.717, 1.165) is 18.5 Å². The van der Waals surface area contributed by atoms with Crippen LogP contribution in [0.3, 0.4) is 0 Å². The second kappa shape index (κ2) is 3.48. The first-order valence-electron chi connectivity index (χ1n) is 5.08. The highest BCUT2D eigenvalue weighted by Crippen LogP contribution is 2.50. The Balaban J connectivity index is 2.21. The molecule has 2 N–H and O–H groups in total. The molecule has 0 bridgehead atoms. The van der Waals surface area contributed by atoms with Crippen LogP contribution in [0.4, 0.5) is 0 Å². The number of terminal acetylenes is 1. The van der Waals surface area contributed by atoms with Crippen molar-refractivity contribution in [2.45, 2.75) is 24.7 Å². The molecule has 0 aromatic heterocycles. The van der Waals surface area contributed by atoms with E-state index in [2.05, 4.69) is 18.1 Å². The zero-order valence-corrected chi connectivity index (χ0v) is 8.29. The predicted molar refractivity (Wildman–Crippen MR) is 59.0 cm³/mol. The molecule has 1 fully saturated rings. The minimum absolute atomic E-state index is 0.391. The number of hydrogen-bond donors (Lipinski definition) is 1. The van der Waals surface area contributed by atoms with Crippen molar-refractivity contribution in [2.75, 3.05) is 6.54 Å². The number of rotatable bonds is 3. The van der Waals surface area contributed by atoms with Gasteiger partial charge in [0.2, 0.25) is 0 Å². The van der Waals surface area contributed by atoms with E-state index < -0.39 is 0 Å². The maximum atomic E-state index is 5.62. The lowest BCUT2D eigenvalue weighted by molar-refractivity contribution is 0.629. The maximum absolute atomic E-state index is 5.62. The van der Waals surface area contributed by atoms with Gasteiger partial charge in [0.1, 0.15) is 0 Å². The van der Waals surface area contributed by atoms with E-state index in [4.69, 9.17) is 12.2 Å². The molecule has 0 saturated heterocycles. The highest BCUT2D eigenvalue weighted by Gasteiger charge is 2.42. The van der Waals surface area contributed by atoms with E-state index in [0.29, 0.717) is 5.41 Å². The van der Waals surface area contributed by atoms with E-state index in [-0.39, 0.29) is 0 Å². The summed E-state index contributed by atoms with van der Waals surface area (Å²) in [5, 5.41) is 0. The van der Waals surface area contributed by atoms with Crippen molar-refractivity contribution in [1.82, 2.24) is 0 Å². The Labute approximate surface area is 85.3 Å². The average molecular weight is 185 g/mol. The van der Waals surface area contributed by atoms with Gasteiger partial charge in [0.25, 0.3) is 0 Å². The minimum atomic E-state index is 0.391. The molecule has 0 heterocycles. The highest BCUT2D eigenvalue weighted by molar-refractivity contribution is 5.39. The summed E-state index contributed by atoms with van der Waals surface area (Å²) in [6.07, 6.45) is 8.97. The third kappa shape index (κ3) is 1.54. The van der Waals surface area contributed by atoms with Crippen molar-refractivity contribution in [3.63, 3.8) is 0 Å². The fourth-order valence-electron chi connectivity index (χ4n) is 2.03. The van der Waals surface area contributed by atoms with E-state index in [1.807, 2.05) is 12.1 Å². The van der Waals surface area contributed by atoms with Gasteiger partial charge in [0, 0.05) is 5.56 Å². The molecule has 0 radical (unpaired) electrons. The Morgan fingerprint density at radius 3 is 2.36 bits per heavy atom. The van der Waals surface area contributed by atoms with Gasteiger partial charge in [-0.05, 0) is 48.9 Å². The zero-order valence-electron chi connectivity index (χ0n) is 8.29. The van der Waals surface area contributed by atoms with Crippen molar-refractivity contribution < 1.29 is 0 Å². The number of hydrogen-bond acceptors (Lipinski definition) is 1. The van der Waals surface area contributed by atoms with Crippen molar-refractivity contribution in [2.24, 2.45) is 5.73 Å². The van der Waals surface area contributed by atoms with Crippen LogP contribution < -0.4 is 5.73 Å². The third-order valence-electron chi connectivity index (χ3n) is 3.14. The van der Waals surface area contributed by atoms with Crippen LogP contribution >= 0.6 is 0 Å². The van der Waals surface area contributed by atoms with Gasteiger partial charge in [0.05, 0.1) is 0 Å². The molecule has 0 atom stereocenters. The Morgan fingerprint density at radius 1 is 1.29 bits per heavy atom. The number of nitrogens with two attached hydrogens (primary N) is 1. The Hall–Kier alpha value is -1.26. The predicted octanol–water partition coefficient (Wildman–Crippen LogP) is 2.05. The highest BCUT2D eigenvalue weighted by atomic mass is 14.6. The summed E-state index contributed by atoms with van der Waals surface area (Å²) < 4.78 is 0. The molecular weight excluding hydrogens is 170 g/mol. The van der Waals surface area contributed by atoms with Crippen LogP contribution in [0, 0.1) is 12.3 Å². The lowest BCUT2D eigenvalue weighted by Gasteiger charge is -2.14. The summed E-state index contributed by atoms with van der Waals surface area (Å²) in [5.41, 5.74) is 8.37. The molecule has 0 unspecified atom stereocenters. The zero-order chi connectivity index (χ0) is 10.0. The summed E-state index contributed by atoms with van der Waals surface area (Å²) in [6.45, 7) is 0.775. The summed E-state index contributed by atoms with van der Waals surface area (Å²) in [7, 11) is 0. The van der Waals surface area contributed by atoms with Crippen LogP contribution in [0.5, 0.6) is 0 Å². The molecule has 0 spiro atoms. The smallest absolute Gasteiger partial charge is 0.0242 e. The first-order valence-corrected chi connectivity index (χ1v) is 5.08. The molecule has 1 aromatic carbocycles. The minimum Gasteiger partial charge on any atom is -0.330 e. The quantitative estimate of drug-likeness (QED) is 0.717. The molecule has 0 amide bonds. The Morgan fingerprint density at radius 2 is 1.93 bits per heavy atom. The van der Waals surface area contributed by atoms with Gasteiger partial charge in [-0.2, -0.15) is 0 Å². The van der Waals surface area contributed by atoms with Crippen LogP contribution in [-0.4, -0.2) is 6.54 Å². The molecule has 1 saturated carbocycles. The number of benzene rings is 1. The molecule has 1 aromatic rings. The standard InChI is InChI=1S/C13H15N/c1-2-11-3-5-12(6-4-11)13(7-8-13)9-10-14/h1,3-6H,7-10,14H2. The average Bonchev–Trinajstić information content (AvgIpc) is 3.00. The maximum Gasteiger partial charge on any atom is 0.0242 e. The lowest BCUT2D eigenvalue weighted by Crippen LogP contribution is -2.13. The van der Waals surface area contributed by atoms with Crippen molar-refractivity contribution >= 4 is 0 Å². The fraction of sp³-hybridized carbons (Fsp3) is 0.385. The largest absolute Gasteiger partial charge is 0.330 e. The van der Waals surface area contributed by atoms with Gasteiger partial charge >= 0.3 is 0 Å². The Bertz CT molecular complexity index is 352. The monoisotopic (exact) mass is 185 g/mol. The van der Waals surface area contributed by atoms with Crippen LogP contribution in [0.2, 0.25) is 0 Å². The molecule has 14 heavy (non-hydrogen) atoms. The van der Waals surface area contributed by atoms with E-state index in [9.17, 15) is 0 Å². The first-order chi connectivity index (χ1) is 6.80. The van der Waals surface area contributed by atoms with Gasteiger partial charge in [-0.3, -0.25) is 0 Å². The van der Waals surface area contributed by atoms with Gasteiger partial charge < -0.3 is 5.73 Å². The van der Waals surface area contributed by atoms with Crippen LogP contribution in [0.15, 0.2) is 24.3 Å². The SMILES string of the molecule is C#Cc1ccc(C2(CCN)CC2)cc1. The summed E-state index contributed by atoms with van der Waals surface area (Å²) in [4.78, 5) is 0. The molecule has 1 nitrogen and oxygen atoms in total. The van der Waals surface area contributed by atoms with Crippen LogP contribution in [0.25, 0.3) is 0 Å². The summed E-state index contributed by atoms with van der Waals surface area (Å²) in [6, 6.07) is 8.34. The molecule has 1 aliphatic carbocycles. The molecule has 2 rings (SSSR count). The fourth-order valence-corrected chi connectivity index (χ4v) is 2.03. The second-order valence-corrected chi connectivity index (χ2v) is 4.04. The molecule has 1 aliphatic rings. The van der Waals surface area contributed by atoms with Crippen molar-refractivity contribution in [1.29, 1.82) is 0 Å². The van der Waals surface area contributed by atoms with E-state index in [1.165, 1.54) is 18.4 Å².